The molecule has 0 heterocycles. The Morgan fingerprint density at radius 2 is 1.39 bits per heavy atom. The topological polar surface area (TPSA) is 116 Å². The Bertz CT molecular complexity index is 587. The summed E-state index contributed by atoms with van der Waals surface area (Å²) >= 11 is -1.51. The third-order valence-corrected chi connectivity index (χ3v) is 8.54. The Labute approximate surface area is 202 Å². The minimum absolute atomic E-state index is 0.136. The molecule has 0 aromatic heterocycles. The molecule has 0 aliphatic carbocycles. The summed E-state index contributed by atoms with van der Waals surface area (Å²) < 4.78 is 49.5. The van der Waals surface area contributed by atoms with Crippen molar-refractivity contribution in [3.05, 3.63) is 10.8 Å². The fraction of sp³-hybridized carbons (Fsp3) is 0.810. The fourth-order valence-corrected chi connectivity index (χ4v) is 5.26. The molecule has 10 nitrogen and oxygen atoms in total. The number of allylic oxidation sites excluding steroid dienone is 1. The Morgan fingerprint density at radius 3 is 2.03 bits per heavy atom. The van der Waals surface area contributed by atoms with Crippen LogP contribution in [-0.2, 0) is 59.3 Å². The van der Waals surface area contributed by atoms with Crippen molar-refractivity contribution >= 4 is 20.6 Å². The summed E-state index contributed by atoms with van der Waals surface area (Å²) in [5.74, 6) is -0.125. The van der Waals surface area contributed by atoms with E-state index < -0.39 is 28.4 Å². The number of Topliss-reactive ketones (excluding diaryl/α,β-unsaturated/α-hetero) is 1. The Balaban J connectivity index is 3.69. The van der Waals surface area contributed by atoms with E-state index in [1.54, 1.807) is 33.3 Å². The molecule has 0 aliphatic rings. The van der Waals surface area contributed by atoms with E-state index in [0.717, 1.165) is 19.3 Å². The molecule has 0 unspecified atom stereocenters. The van der Waals surface area contributed by atoms with Gasteiger partial charge in [-0.25, -0.2) is 0 Å². The summed E-state index contributed by atoms with van der Waals surface area (Å²) in [5, 5.41) is 2.06. The number of unbranched alkanes of at least 4 members (excludes halogenated alkanes) is 1. The van der Waals surface area contributed by atoms with Crippen molar-refractivity contribution in [3.8, 4) is 0 Å². The second kappa shape index (κ2) is 20.4. The van der Waals surface area contributed by atoms with Crippen LogP contribution < -0.4 is 0 Å². The maximum atomic E-state index is 12.1. The number of ether oxygens (including phenoxy) is 4. The van der Waals surface area contributed by atoms with E-state index in [-0.39, 0.29) is 18.8 Å². The third-order valence-electron chi connectivity index (χ3n) is 4.22. The van der Waals surface area contributed by atoms with Gasteiger partial charge in [-0.1, -0.05) is 0 Å². The van der Waals surface area contributed by atoms with Gasteiger partial charge in [0.25, 0.3) is 0 Å². The normalized spacial score (nSPS) is 12.5. The summed E-state index contributed by atoms with van der Waals surface area (Å²) in [4.78, 5) is 21.9. The number of hydrogen-bond donors (Lipinski definition) is 0. The van der Waals surface area contributed by atoms with Crippen LogP contribution in [0.2, 0.25) is 11.4 Å². The average Bonchev–Trinajstić information content (AvgIpc) is 2.77. The molecule has 0 atom stereocenters. The monoisotopic (exact) mass is 539 g/mol. The van der Waals surface area contributed by atoms with Gasteiger partial charge in [0.2, 0.25) is 0 Å². The second-order valence-corrected chi connectivity index (χ2v) is 11.8. The molecule has 12 heteroatoms. The Morgan fingerprint density at radius 1 is 0.788 bits per heavy atom. The van der Waals surface area contributed by atoms with Gasteiger partial charge in [-0.2, -0.15) is 0 Å². The van der Waals surface area contributed by atoms with Crippen molar-refractivity contribution < 1.29 is 59.3 Å². The molecule has 0 spiro atoms. The quantitative estimate of drug-likeness (QED) is 0.0669. The zero-order valence-electron chi connectivity index (χ0n) is 20.5. The molecule has 0 saturated carbocycles. The van der Waals surface area contributed by atoms with E-state index in [9.17, 15) is 13.5 Å². The molecule has 0 rings (SSSR count). The molecule has 0 aliphatic heterocycles. The van der Waals surface area contributed by atoms with Gasteiger partial charge >= 0.3 is 174 Å². The number of ketones is 1. The van der Waals surface area contributed by atoms with Crippen LogP contribution in [0.4, 0.5) is 0 Å². The van der Waals surface area contributed by atoms with Crippen LogP contribution >= 0.6 is 0 Å². The van der Waals surface area contributed by atoms with Crippen molar-refractivity contribution in [1.29, 1.82) is 0 Å². The molecule has 0 radical (unpaired) electrons. The first-order valence-electron chi connectivity index (χ1n) is 10.8. The first-order valence-corrected chi connectivity index (χ1v) is 14.5. The molecule has 0 N–H and O–H groups in total. The minimum atomic E-state index is -2.56. The van der Waals surface area contributed by atoms with Crippen molar-refractivity contribution in [1.82, 2.24) is 0 Å². The van der Waals surface area contributed by atoms with Gasteiger partial charge in [-0.05, 0) is 6.92 Å². The van der Waals surface area contributed by atoms with Crippen molar-refractivity contribution in [2.75, 3.05) is 61.0 Å². The summed E-state index contributed by atoms with van der Waals surface area (Å²) in [6, 6.07) is 0.662. The van der Waals surface area contributed by atoms with Crippen LogP contribution in [-0.4, -0.2) is 81.5 Å². The molecule has 0 aromatic carbocycles. The van der Waals surface area contributed by atoms with E-state index in [1.165, 1.54) is 6.92 Å². The molecule has 197 valence electrons. The van der Waals surface area contributed by atoms with Crippen LogP contribution in [0.5, 0.6) is 0 Å². The molecular formula is C21H40CoO10Si. The number of rotatable bonds is 22. The fourth-order valence-electron chi connectivity index (χ4n) is 2.50. The van der Waals surface area contributed by atoms with Crippen LogP contribution in [0.25, 0.3) is 0 Å². The Kier molecular flexibility index (Phi) is 19.8. The molecule has 0 aromatic rings. The Hall–Kier alpha value is -0.997. The van der Waals surface area contributed by atoms with Crippen LogP contribution in [0.3, 0.4) is 0 Å². The van der Waals surface area contributed by atoms with E-state index in [1.807, 2.05) is 0 Å². The van der Waals surface area contributed by atoms with E-state index in [4.69, 9.17) is 32.2 Å². The molecule has 0 saturated heterocycles. The maximum absolute atomic E-state index is 12.1. The molecule has 0 amide bonds. The first-order chi connectivity index (χ1) is 15.8. The predicted octanol–water partition coefficient (Wildman–Crippen LogP) is 2.85. The standard InChI is InChI=1S/C13H21O5.C8H19O4Si.Co.O/c1-11(2)17-7-5-4-6-16-8-9-18-13(15)10-12(3)14;1-5-12-7-6-8-13(9-2,10-3)11-4;;/h1H,4-10H2,2-3H3;1,5-8H2,2-4H3;;. The van der Waals surface area contributed by atoms with Gasteiger partial charge in [0, 0.05) is 0 Å². The van der Waals surface area contributed by atoms with Crippen LogP contribution in [0.15, 0.2) is 10.8 Å². The summed E-state index contributed by atoms with van der Waals surface area (Å²) in [7, 11) is 2.18. The zero-order valence-corrected chi connectivity index (χ0v) is 22.5. The summed E-state index contributed by atoms with van der Waals surface area (Å²) in [6.45, 7) is 5.50. The van der Waals surface area contributed by atoms with Gasteiger partial charge in [0.15, 0.2) is 0 Å². The van der Waals surface area contributed by atoms with E-state index in [2.05, 4.69) is 0 Å². The SMILES string of the molecule is CO[Si](CCCOC[CH2][Co](=[O])[CH]=C(C)OCCCCOCCOC(=O)CC(C)=O)(OC)OC. The van der Waals surface area contributed by atoms with Crippen LogP contribution in [0.1, 0.15) is 39.5 Å². The molecule has 0 bridgehead atoms. The van der Waals surface area contributed by atoms with E-state index >= 15 is 0 Å². The number of hydrogen-bond acceptors (Lipinski definition) is 10. The van der Waals surface area contributed by atoms with Crippen molar-refractivity contribution in [2.45, 2.75) is 50.9 Å². The number of carbonyl (C=O) groups excluding carboxylic acids is 2. The molecule has 33 heavy (non-hydrogen) atoms. The van der Waals surface area contributed by atoms with Crippen molar-refractivity contribution in [3.63, 3.8) is 0 Å². The predicted molar refractivity (Wildman–Crippen MR) is 119 cm³/mol. The van der Waals surface area contributed by atoms with Gasteiger partial charge in [0.05, 0.1) is 0 Å². The van der Waals surface area contributed by atoms with Crippen molar-refractivity contribution in [2.24, 2.45) is 0 Å². The zero-order chi connectivity index (χ0) is 25.0. The van der Waals surface area contributed by atoms with Gasteiger partial charge in [-0.3, -0.25) is 9.59 Å². The summed E-state index contributed by atoms with van der Waals surface area (Å²) in [6.07, 6.45) is 2.10. The third kappa shape index (κ3) is 18.1. The number of carbonyl (C=O) groups is 2. The van der Waals surface area contributed by atoms with Gasteiger partial charge < -0.3 is 0 Å². The van der Waals surface area contributed by atoms with Gasteiger partial charge in [0.1, 0.15) is 12.2 Å². The second-order valence-electron chi connectivity index (χ2n) is 6.96. The van der Waals surface area contributed by atoms with Crippen LogP contribution in [0, 0.1) is 0 Å². The van der Waals surface area contributed by atoms with E-state index in [0.29, 0.717) is 50.2 Å². The molecule has 0 fully saturated rings. The number of esters is 1. The van der Waals surface area contributed by atoms with Gasteiger partial charge in [-0.15, -0.1) is 0 Å². The first kappa shape index (κ1) is 32.0. The average molecular weight is 540 g/mol. The molecular weight excluding hydrogens is 499 g/mol. The summed E-state index contributed by atoms with van der Waals surface area (Å²) in [5.41, 5.74) is 0.